The Bertz CT molecular complexity index is 1020. The van der Waals surface area contributed by atoms with Gasteiger partial charge in [-0.2, -0.15) is 0 Å². The number of aryl methyl sites for hydroxylation is 1. The summed E-state index contributed by atoms with van der Waals surface area (Å²) in [6.45, 7) is 1.99. The van der Waals surface area contributed by atoms with E-state index in [0.717, 1.165) is 24.3 Å². The van der Waals surface area contributed by atoms with Crippen LogP contribution in [-0.2, 0) is 19.3 Å². The van der Waals surface area contributed by atoms with Gasteiger partial charge < -0.3 is 9.32 Å². The third-order valence-electron chi connectivity index (χ3n) is 5.60. The lowest BCUT2D eigenvalue weighted by atomic mass is 9.79. The molecule has 1 aromatic heterocycles. The molecule has 0 bridgehead atoms. The van der Waals surface area contributed by atoms with Crippen LogP contribution in [0.1, 0.15) is 34.2 Å². The molecule has 0 unspecified atom stereocenters. The second kappa shape index (κ2) is 7.89. The average Bonchev–Trinajstić information content (AvgIpc) is 3.18. The number of allylic oxidation sites excluding steroid dienone is 1. The maximum Gasteiger partial charge on any atom is 0.0931 e. The molecular formula is C25H26ClNO. The number of hydrogen-bond acceptors (Lipinski definition) is 2. The third kappa shape index (κ3) is 3.62. The topological polar surface area (TPSA) is 16.4 Å². The molecular weight excluding hydrogens is 366 g/mol. The first-order chi connectivity index (χ1) is 13.5. The summed E-state index contributed by atoms with van der Waals surface area (Å²) < 4.78 is 4.71. The van der Waals surface area contributed by atoms with Crippen molar-refractivity contribution in [3.63, 3.8) is 0 Å². The van der Waals surface area contributed by atoms with Crippen LogP contribution < -0.4 is 4.90 Å². The van der Waals surface area contributed by atoms with Crippen molar-refractivity contribution in [1.82, 2.24) is 0 Å². The van der Waals surface area contributed by atoms with Gasteiger partial charge in [0, 0.05) is 24.8 Å². The molecule has 0 spiro atoms. The van der Waals surface area contributed by atoms with Gasteiger partial charge in [-0.1, -0.05) is 35.9 Å². The monoisotopic (exact) mass is 391 g/mol. The number of nitrogens with zero attached hydrogens (tertiary/aromatic N) is 1. The van der Waals surface area contributed by atoms with E-state index in [1.807, 2.05) is 13.0 Å². The van der Waals surface area contributed by atoms with Crippen LogP contribution in [0.4, 0.5) is 5.69 Å². The van der Waals surface area contributed by atoms with Gasteiger partial charge >= 0.3 is 0 Å². The Balaban J connectivity index is 0.000000275. The van der Waals surface area contributed by atoms with Gasteiger partial charge in [0.15, 0.2) is 0 Å². The second-order valence-corrected chi connectivity index (χ2v) is 8.16. The first-order valence-electron chi connectivity index (χ1n) is 9.85. The zero-order valence-corrected chi connectivity index (χ0v) is 17.5. The fourth-order valence-electron chi connectivity index (χ4n) is 4.10. The Morgan fingerprint density at radius 1 is 0.929 bits per heavy atom. The number of hydrogen-bond donors (Lipinski definition) is 0. The van der Waals surface area contributed by atoms with Crippen molar-refractivity contribution in [1.29, 1.82) is 0 Å². The summed E-state index contributed by atoms with van der Waals surface area (Å²) in [6.07, 6.45) is 12.4. The summed E-state index contributed by atoms with van der Waals surface area (Å²) in [5, 5.41) is 0.907. The molecule has 1 heterocycles. The van der Waals surface area contributed by atoms with Gasteiger partial charge in [-0.25, -0.2) is 0 Å². The molecule has 0 saturated carbocycles. The molecule has 0 fully saturated rings. The summed E-state index contributed by atoms with van der Waals surface area (Å²) in [4.78, 5) is 2.13. The Hall–Kier alpha value is -2.45. The van der Waals surface area contributed by atoms with E-state index in [1.54, 1.807) is 23.7 Å². The second-order valence-electron chi connectivity index (χ2n) is 7.75. The summed E-state index contributed by atoms with van der Waals surface area (Å²) in [5.74, 6) is 0. The number of anilines is 1. The van der Waals surface area contributed by atoms with Crippen LogP contribution >= 0.6 is 11.6 Å². The highest BCUT2D eigenvalue weighted by atomic mass is 35.5. The predicted octanol–water partition coefficient (Wildman–Crippen LogP) is 6.72. The van der Waals surface area contributed by atoms with Crippen molar-refractivity contribution < 1.29 is 4.42 Å². The minimum Gasteiger partial charge on any atom is -0.472 e. The van der Waals surface area contributed by atoms with E-state index >= 15 is 0 Å². The molecule has 2 aliphatic carbocycles. The van der Waals surface area contributed by atoms with Gasteiger partial charge in [0.05, 0.1) is 12.5 Å². The van der Waals surface area contributed by atoms with Crippen LogP contribution in [0.2, 0.25) is 5.02 Å². The standard InChI is InChI=1S/C20H20ClN.C5H6O/c1-22(2)14-11-19-17-8-7-13-5-3-4-6-15(13)16(17)9-10-18(19)20(21)12-14;1-5-2-3-6-4-5/h3,5,7-8,11-12H,4,6,9-10H2,1-2H3;2-4H,1H3. The molecule has 3 aromatic rings. The highest BCUT2D eigenvalue weighted by Crippen LogP contribution is 2.42. The highest BCUT2D eigenvalue weighted by molar-refractivity contribution is 6.32. The lowest BCUT2D eigenvalue weighted by Gasteiger charge is -2.27. The normalized spacial score (nSPS) is 13.7. The maximum absolute atomic E-state index is 6.56. The molecule has 0 saturated heterocycles. The molecule has 2 nitrogen and oxygen atoms in total. The van der Waals surface area contributed by atoms with E-state index in [4.69, 9.17) is 16.0 Å². The van der Waals surface area contributed by atoms with Gasteiger partial charge in [-0.05, 0) is 89.8 Å². The lowest BCUT2D eigenvalue weighted by Crippen LogP contribution is -2.13. The first-order valence-corrected chi connectivity index (χ1v) is 10.2. The average molecular weight is 392 g/mol. The SMILES string of the molecule is CN(C)c1cc(Cl)c2c(c1)-c1ccc3c(c1CC2)CCC=C3.Cc1ccoc1. The quantitative estimate of drug-likeness (QED) is 0.457. The summed E-state index contributed by atoms with van der Waals surface area (Å²) >= 11 is 6.56. The molecule has 0 N–H and O–H groups in total. The maximum atomic E-state index is 6.56. The van der Waals surface area contributed by atoms with E-state index in [1.165, 1.54) is 39.9 Å². The molecule has 2 aromatic carbocycles. The van der Waals surface area contributed by atoms with Crippen molar-refractivity contribution >= 4 is 23.4 Å². The van der Waals surface area contributed by atoms with Gasteiger partial charge in [0.2, 0.25) is 0 Å². The fourth-order valence-corrected chi connectivity index (χ4v) is 4.40. The van der Waals surface area contributed by atoms with Gasteiger partial charge in [0.1, 0.15) is 0 Å². The summed E-state index contributed by atoms with van der Waals surface area (Å²) in [7, 11) is 4.14. The third-order valence-corrected chi connectivity index (χ3v) is 5.94. The Morgan fingerprint density at radius 3 is 2.43 bits per heavy atom. The van der Waals surface area contributed by atoms with Crippen LogP contribution in [0.25, 0.3) is 17.2 Å². The molecule has 0 radical (unpaired) electrons. The summed E-state index contributed by atoms with van der Waals surface area (Å²) in [5.41, 5.74) is 10.9. The zero-order valence-electron chi connectivity index (χ0n) is 16.8. The number of benzene rings is 2. The van der Waals surface area contributed by atoms with E-state index in [2.05, 4.69) is 55.4 Å². The first kappa shape index (κ1) is 18.9. The largest absolute Gasteiger partial charge is 0.472 e. The molecule has 144 valence electrons. The van der Waals surface area contributed by atoms with Crippen molar-refractivity contribution in [2.75, 3.05) is 19.0 Å². The van der Waals surface area contributed by atoms with E-state index in [0.29, 0.717) is 0 Å². The molecule has 28 heavy (non-hydrogen) atoms. The minimum atomic E-state index is 0.907. The van der Waals surface area contributed by atoms with Gasteiger partial charge in [0.25, 0.3) is 0 Å². The van der Waals surface area contributed by atoms with Crippen LogP contribution in [0.15, 0.2) is 53.4 Å². The Kier molecular flexibility index (Phi) is 5.32. The summed E-state index contributed by atoms with van der Waals surface area (Å²) in [6, 6.07) is 10.9. The highest BCUT2D eigenvalue weighted by Gasteiger charge is 2.23. The van der Waals surface area contributed by atoms with E-state index in [-0.39, 0.29) is 0 Å². The van der Waals surface area contributed by atoms with Crippen molar-refractivity contribution in [3.8, 4) is 11.1 Å². The van der Waals surface area contributed by atoms with E-state index < -0.39 is 0 Å². The molecule has 5 rings (SSSR count). The number of rotatable bonds is 1. The fraction of sp³-hybridized carbons (Fsp3) is 0.280. The molecule has 0 atom stereocenters. The molecule has 2 aliphatic rings. The van der Waals surface area contributed by atoms with E-state index in [9.17, 15) is 0 Å². The van der Waals surface area contributed by atoms with Crippen molar-refractivity contribution in [2.45, 2.75) is 32.6 Å². The van der Waals surface area contributed by atoms with Crippen LogP contribution in [-0.4, -0.2) is 14.1 Å². The van der Waals surface area contributed by atoms with Gasteiger partial charge in [-0.3, -0.25) is 0 Å². The predicted molar refractivity (Wildman–Crippen MR) is 119 cm³/mol. The molecule has 3 heteroatoms. The lowest BCUT2D eigenvalue weighted by molar-refractivity contribution is 0.565. The van der Waals surface area contributed by atoms with Crippen LogP contribution in [0.3, 0.4) is 0 Å². The molecule has 0 amide bonds. The number of fused-ring (bicyclic) bond motifs is 5. The van der Waals surface area contributed by atoms with Crippen molar-refractivity contribution in [2.24, 2.45) is 0 Å². The molecule has 0 aliphatic heterocycles. The Labute approximate surface area is 172 Å². The smallest absolute Gasteiger partial charge is 0.0931 e. The Morgan fingerprint density at radius 2 is 1.75 bits per heavy atom. The van der Waals surface area contributed by atoms with Crippen LogP contribution in [0.5, 0.6) is 0 Å². The minimum absolute atomic E-state index is 0.907. The zero-order chi connectivity index (χ0) is 19.7. The number of halogens is 1. The van der Waals surface area contributed by atoms with Crippen LogP contribution in [0, 0.1) is 6.92 Å². The van der Waals surface area contributed by atoms with Crippen molar-refractivity contribution in [3.05, 3.63) is 81.8 Å². The van der Waals surface area contributed by atoms with Gasteiger partial charge in [-0.15, -0.1) is 0 Å². The number of furan rings is 1.